The third-order valence-corrected chi connectivity index (χ3v) is 6.82. The highest BCUT2D eigenvalue weighted by Gasteiger charge is 2.22. The SMILES string of the molecule is CN1CCC(Nc2cc(S(=O)(=O)n3ccc4ccccc43)ccc2F)CC1. The fraction of sp³-hybridized carbons (Fsp3) is 0.300. The van der Waals surface area contributed by atoms with Crippen molar-refractivity contribution in [1.29, 1.82) is 0 Å². The lowest BCUT2D eigenvalue weighted by atomic mass is 10.1. The molecule has 0 unspecified atom stereocenters. The lowest BCUT2D eigenvalue weighted by Crippen LogP contribution is -2.36. The average Bonchev–Trinajstić information content (AvgIpc) is 3.10. The van der Waals surface area contributed by atoms with Crippen LogP contribution in [-0.4, -0.2) is 43.5 Å². The van der Waals surface area contributed by atoms with Crippen LogP contribution in [-0.2, 0) is 10.0 Å². The van der Waals surface area contributed by atoms with Crippen molar-refractivity contribution >= 4 is 26.6 Å². The molecule has 0 atom stereocenters. The molecule has 4 rings (SSSR count). The number of nitrogens with zero attached hydrogens (tertiary/aromatic N) is 2. The number of hydrogen-bond acceptors (Lipinski definition) is 4. The molecule has 0 amide bonds. The number of benzene rings is 2. The first-order valence-corrected chi connectivity index (χ1v) is 10.5. The quantitative estimate of drug-likeness (QED) is 0.744. The maximum absolute atomic E-state index is 14.3. The zero-order chi connectivity index (χ0) is 19.0. The van der Waals surface area contributed by atoms with E-state index in [0.29, 0.717) is 5.52 Å². The van der Waals surface area contributed by atoms with Gasteiger partial charge in [0.1, 0.15) is 5.82 Å². The molecule has 0 bridgehead atoms. The van der Waals surface area contributed by atoms with Gasteiger partial charge in [0.15, 0.2) is 0 Å². The van der Waals surface area contributed by atoms with Gasteiger partial charge < -0.3 is 10.2 Å². The molecule has 142 valence electrons. The van der Waals surface area contributed by atoms with Crippen LogP contribution in [0.1, 0.15) is 12.8 Å². The van der Waals surface area contributed by atoms with Crippen LogP contribution in [0.15, 0.2) is 59.6 Å². The Balaban J connectivity index is 1.67. The minimum Gasteiger partial charge on any atom is -0.380 e. The second-order valence-corrected chi connectivity index (χ2v) is 8.85. The summed E-state index contributed by atoms with van der Waals surface area (Å²) >= 11 is 0. The minimum atomic E-state index is -3.81. The van der Waals surface area contributed by atoms with Crippen molar-refractivity contribution in [2.75, 3.05) is 25.5 Å². The van der Waals surface area contributed by atoms with Gasteiger partial charge in [-0.15, -0.1) is 0 Å². The molecule has 1 aliphatic rings. The smallest absolute Gasteiger partial charge is 0.268 e. The number of nitrogens with one attached hydrogen (secondary N) is 1. The number of aromatic nitrogens is 1. The molecule has 0 saturated carbocycles. The van der Waals surface area contributed by atoms with Crippen LogP contribution in [0.25, 0.3) is 10.9 Å². The van der Waals surface area contributed by atoms with E-state index in [0.717, 1.165) is 31.3 Å². The van der Waals surface area contributed by atoms with Crippen LogP contribution in [0, 0.1) is 5.82 Å². The molecule has 1 N–H and O–H groups in total. The summed E-state index contributed by atoms with van der Waals surface area (Å²) in [6, 6.07) is 13.1. The number of piperidine rings is 1. The Kier molecular flexibility index (Phi) is 4.65. The molecule has 7 heteroatoms. The van der Waals surface area contributed by atoms with Crippen LogP contribution in [0.2, 0.25) is 0 Å². The molecule has 5 nitrogen and oxygen atoms in total. The van der Waals surface area contributed by atoms with Gasteiger partial charge in [0.2, 0.25) is 0 Å². The third-order valence-electron chi connectivity index (χ3n) is 5.14. The molecule has 1 fully saturated rings. The van der Waals surface area contributed by atoms with E-state index in [2.05, 4.69) is 17.3 Å². The molecule has 1 saturated heterocycles. The Morgan fingerprint density at radius 2 is 1.81 bits per heavy atom. The van der Waals surface area contributed by atoms with Gasteiger partial charge in [-0.25, -0.2) is 16.8 Å². The summed E-state index contributed by atoms with van der Waals surface area (Å²) in [7, 11) is -1.75. The van der Waals surface area contributed by atoms with Crippen molar-refractivity contribution in [3.63, 3.8) is 0 Å². The number of halogens is 1. The Labute approximate surface area is 158 Å². The maximum atomic E-state index is 14.3. The van der Waals surface area contributed by atoms with Crippen LogP contribution >= 0.6 is 0 Å². The predicted molar refractivity (Wildman–Crippen MR) is 105 cm³/mol. The molecule has 0 spiro atoms. The van der Waals surface area contributed by atoms with Crippen molar-refractivity contribution in [3.05, 3.63) is 60.5 Å². The second kappa shape index (κ2) is 6.98. The zero-order valence-corrected chi connectivity index (χ0v) is 15.9. The second-order valence-electron chi connectivity index (χ2n) is 7.04. The van der Waals surface area contributed by atoms with Gasteiger partial charge in [-0.2, -0.15) is 0 Å². The lowest BCUT2D eigenvalue weighted by Gasteiger charge is -2.30. The van der Waals surface area contributed by atoms with Crippen molar-refractivity contribution in [3.8, 4) is 0 Å². The van der Waals surface area contributed by atoms with Crippen molar-refractivity contribution in [2.24, 2.45) is 0 Å². The number of rotatable bonds is 4. The van der Waals surface area contributed by atoms with Crippen molar-refractivity contribution in [2.45, 2.75) is 23.8 Å². The lowest BCUT2D eigenvalue weighted by molar-refractivity contribution is 0.263. The standard InChI is InChI=1S/C20H22FN3O2S/c1-23-11-9-16(10-12-23)22-19-14-17(6-7-18(19)21)27(25,26)24-13-8-15-4-2-3-5-20(15)24/h2-8,13-14,16,22H,9-12H2,1H3. The molecule has 1 aromatic heterocycles. The van der Waals surface area contributed by atoms with Gasteiger partial charge >= 0.3 is 0 Å². The predicted octanol–water partition coefficient (Wildman–Crippen LogP) is 3.52. The molecule has 0 radical (unpaired) electrons. The van der Waals surface area contributed by atoms with Crippen LogP contribution in [0.5, 0.6) is 0 Å². The van der Waals surface area contributed by atoms with Gasteiger partial charge in [-0.1, -0.05) is 18.2 Å². The highest BCUT2D eigenvalue weighted by atomic mass is 32.2. The van der Waals surface area contributed by atoms with Gasteiger partial charge in [0.25, 0.3) is 10.0 Å². The van der Waals surface area contributed by atoms with Crippen LogP contribution in [0.4, 0.5) is 10.1 Å². The molecule has 0 aliphatic carbocycles. The Hall–Kier alpha value is -2.38. The number of anilines is 1. The summed E-state index contributed by atoms with van der Waals surface area (Å²) in [5.74, 6) is -0.440. The largest absolute Gasteiger partial charge is 0.380 e. The topological polar surface area (TPSA) is 54.3 Å². The van der Waals surface area contributed by atoms with E-state index >= 15 is 0 Å². The highest BCUT2D eigenvalue weighted by Crippen LogP contribution is 2.26. The fourth-order valence-corrected chi connectivity index (χ4v) is 4.91. The van der Waals surface area contributed by atoms with E-state index in [1.165, 1.54) is 28.4 Å². The molecule has 2 aromatic carbocycles. The van der Waals surface area contributed by atoms with E-state index in [9.17, 15) is 12.8 Å². The summed E-state index contributed by atoms with van der Waals surface area (Å²) in [6.45, 7) is 1.87. The monoisotopic (exact) mass is 387 g/mol. The van der Waals surface area contributed by atoms with Gasteiger partial charge in [0.05, 0.1) is 16.1 Å². The van der Waals surface area contributed by atoms with Crippen LogP contribution in [0.3, 0.4) is 0 Å². The molecular weight excluding hydrogens is 365 g/mol. The fourth-order valence-electron chi connectivity index (χ4n) is 3.53. The van der Waals surface area contributed by atoms with Crippen molar-refractivity contribution < 1.29 is 12.8 Å². The summed E-state index contributed by atoms with van der Waals surface area (Å²) in [6.07, 6.45) is 3.33. The van der Waals surface area contributed by atoms with E-state index in [1.54, 1.807) is 18.2 Å². The molecule has 3 aromatic rings. The average molecular weight is 387 g/mol. The molecule has 2 heterocycles. The minimum absolute atomic E-state index is 0.0701. The highest BCUT2D eigenvalue weighted by molar-refractivity contribution is 7.90. The molecule has 1 aliphatic heterocycles. The first-order chi connectivity index (χ1) is 12.9. The first-order valence-electron chi connectivity index (χ1n) is 9.01. The third kappa shape index (κ3) is 3.44. The first kappa shape index (κ1) is 18.0. The van der Waals surface area contributed by atoms with E-state index in [1.807, 2.05) is 12.1 Å². The van der Waals surface area contributed by atoms with E-state index < -0.39 is 15.8 Å². The number of hydrogen-bond donors (Lipinski definition) is 1. The van der Waals surface area contributed by atoms with Gasteiger partial charge in [-0.3, -0.25) is 0 Å². The Morgan fingerprint density at radius 3 is 2.59 bits per heavy atom. The van der Waals surface area contributed by atoms with Gasteiger partial charge in [0, 0.05) is 17.6 Å². The Bertz CT molecular complexity index is 1070. The summed E-state index contributed by atoms with van der Waals surface area (Å²) < 4.78 is 41.8. The zero-order valence-electron chi connectivity index (χ0n) is 15.1. The summed E-state index contributed by atoms with van der Waals surface area (Å²) in [5, 5.41) is 4.03. The Morgan fingerprint density at radius 1 is 1.07 bits per heavy atom. The maximum Gasteiger partial charge on any atom is 0.268 e. The van der Waals surface area contributed by atoms with E-state index in [4.69, 9.17) is 0 Å². The number of likely N-dealkylation sites (tertiary alicyclic amines) is 1. The van der Waals surface area contributed by atoms with Crippen molar-refractivity contribution in [1.82, 2.24) is 8.87 Å². The number of fused-ring (bicyclic) bond motifs is 1. The number of para-hydroxylation sites is 1. The summed E-state index contributed by atoms with van der Waals surface area (Å²) in [5.41, 5.74) is 0.841. The normalized spacial score (nSPS) is 16.7. The van der Waals surface area contributed by atoms with Crippen LogP contribution < -0.4 is 5.32 Å². The summed E-state index contributed by atoms with van der Waals surface area (Å²) in [4.78, 5) is 2.30. The molecule has 27 heavy (non-hydrogen) atoms. The molecular formula is C20H22FN3O2S. The van der Waals surface area contributed by atoms with E-state index in [-0.39, 0.29) is 16.6 Å². The van der Waals surface area contributed by atoms with Gasteiger partial charge in [-0.05, 0) is 63.3 Å².